The van der Waals surface area contributed by atoms with Crippen molar-refractivity contribution in [2.45, 2.75) is 16.2 Å². The number of nitrogens with zero attached hydrogens (tertiary/aromatic N) is 2. The number of amides is 1. The van der Waals surface area contributed by atoms with Crippen molar-refractivity contribution in [3.05, 3.63) is 84.4 Å². The van der Waals surface area contributed by atoms with Crippen molar-refractivity contribution in [1.29, 1.82) is 0 Å². The summed E-state index contributed by atoms with van der Waals surface area (Å²) in [7, 11) is 0. The number of hydrogen-bond acceptors (Lipinski definition) is 7. The maximum atomic E-state index is 12.6. The van der Waals surface area contributed by atoms with Crippen LogP contribution >= 0.6 is 23.1 Å². The van der Waals surface area contributed by atoms with E-state index in [4.69, 9.17) is 9.47 Å². The van der Waals surface area contributed by atoms with Crippen LogP contribution in [0, 0.1) is 0 Å². The quantitative estimate of drug-likeness (QED) is 0.394. The molecule has 4 aromatic rings. The van der Waals surface area contributed by atoms with E-state index in [0.717, 1.165) is 20.7 Å². The first-order valence-electron chi connectivity index (χ1n) is 10.0. The second-order valence-corrected chi connectivity index (χ2v) is 9.28. The molecule has 8 heteroatoms. The standard InChI is InChI=1S/C24H19N3O3S2/c28-22(21-14-29-19-8-4-5-9-20(19)30-21)25-18-12-10-17(11-13-18)23-26-27-24(32-23)31-15-16-6-2-1-3-7-16/h1-13,21H,14-15H2,(H,25,28). The van der Waals surface area contributed by atoms with Gasteiger partial charge in [-0.3, -0.25) is 4.79 Å². The van der Waals surface area contributed by atoms with Gasteiger partial charge in [-0.1, -0.05) is 65.6 Å². The van der Waals surface area contributed by atoms with Gasteiger partial charge in [-0.05, 0) is 42.0 Å². The summed E-state index contributed by atoms with van der Waals surface area (Å²) in [6, 6.07) is 25.2. The summed E-state index contributed by atoms with van der Waals surface area (Å²) in [5.74, 6) is 1.84. The van der Waals surface area contributed by atoms with Crippen LogP contribution in [-0.4, -0.2) is 28.8 Å². The van der Waals surface area contributed by atoms with Crippen LogP contribution in [0.25, 0.3) is 10.6 Å². The van der Waals surface area contributed by atoms with E-state index in [1.807, 2.05) is 60.7 Å². The number of nitrogens with one attached hydrogen (secondary N) is 1. The Balaban J connectivity index is 1.18. The summed E-state index contributed by atoms with van der Waals surface area (Å²) in [6.07, 6.45) is -0.697. The van der Waals surface area contributed by atoms with Gasteiger partial charge < -0.3 is 14.8 Å². The number of thioether (sulfide) groups is 1. The van der Waals surface area contributed by atoms with Crippen LogP contribution in [0.1, 0.15) is 5.56 Å². The molecular weight excluding hydrogens is 442 g/mol. The lowest BCUT2D eigenvalue weighted by Crippen LogP contribution is -2.40. The SMILES string of the molecule is O=C(Nc1ccc(-c2nnc(SCc3ccccc3)s2)cc1)C1COc2ccccc2O1. The van der Waals surface area contributed by atoms with Gasteiger partial charge in [-0.15, -0.1) is 10.2 Å². The summed E-state index contributed by atoms with van der Waals surface area (Å²) in [6.45, 7) is 0.176. The summed E-state index contributed by atoms with van der Waals surface area (Å²) in [5, 5.41) is 12.3. The average molecular weight is 462 g/mol. The minimum Gasteiger partial charge on any atom is -0.485 e. The normalized spacial score (nSPS) is 14.7. The second-order valence-electron chi connectivity index (χ2n) is 7.08. The Morgan fingerprint density at radius 1 is 0.969 bits per heavy atom. The molecular formula is C24H19N3O3S2. The average Bonchev–Trinajstić information content (AvgIpc) is 3.33. The minimum absolute atomic E-state index is 0.176. The number of aromatic nitrogens is 2. The zero-order valence-electron chi connectivity index (χ0n) is 16.9. The molecule has 0 aliphatic carbocycles. The van der Waals surface area contributed by atoms with E-state index < -0.39 is 6.10 Å². The van der Waals surface area contributed by atoms with Gasteiger partial charge in [-0.2, -0.15) is 0 Å². The third-order valence-electron chi connectivity index (χ3n) is 4.81. The molecule has 0 radical (unpaired) electrons. The molecule has 32 heavy (non-hydrogen) atoms. The van der Waals surface area contributed by atoms with Gasteiger partial charge in [0.25, 0.3) is 5.91 Å². The molecule has 1 atom stereocenters. The minimum atomic E-state index is -0.697. The number of anilines is 1. The van der Waals surface area contributed by atoms with Gasteiger partial charge in [0.05, 0.1) is 0 Å². The van der Waals surface area contributed by atoms with Crippen LogP contribution in [0.15, 0.2) is 83.2 Å². The fourth-order valence-corrected chi connectivity index (χ4v) is 4.98. The number of ether oxygens (including phenoxy) is 2. The van der Waals surface area contributed by atoms with Crippen LogP contribution in [0.4, 0.5) is 5.69 Å². The van der Waals surface area contributed by atoms with E-state index in [-0.39, 0.29) is 12.5 Å². The Morgan fingerprint density at radius 3 is 2.53 bits per heavy atom. The summed E-state index contributed by atoms with van der Waals surface area (Å²) >= 11 is 3.23. The first kappa shape index (κ1) is 20.5. The zero-order valence-corrected chi connectivity index (χ0v) is 18.6. The molecule has 160 valence electrons. The molecule has 1 aliphatic rings. The van der Waals surface area contributed by atoms with E-state index >= 15 is 0 Å². The third-order valence-corrected chi connectivity index (χ3v) is 6.99. The molecule has 1 aromatic heterocycles. The third kappa shape index (κ3) is 4.76. The number of carbonyl (C=O) groups excluding carboxylic acids is 1. The summed E-state index contributed by atoms with van der Waals surface area (Å²) in [4.78, 5) is 12.6. The molecule has 1 aliphatic heterocycles. The highest BCUT2D eigenvalue weighted by molar-refractivity contribution is 8.00. The molecule has 0 saturated carbocycles. The number of para-hydroxylation sites is 2. The fraction of sp³-hybridized carbons (Fsp3) is 0.125. The molecule has 0 bridgehead atoms. The predicted molar refractivity (Wildman–Crippen MR) is 126 cm³/mol. The van der Waals surface area contributed by atoms with Gasteiger partial charge >= 0.3 is 0 Å². The van der Waals surface area contributed by atoms with E-state index in [0.29, 0.717) is 17.2 Å². The number of fused-ring (bicyclic) bond motifs is 1. The molecule has 0 saturated heterocycles. The number of carbonyl (C=O) groups is 1. The molecule has 5 rings (SSSR count). The van der Waals surface area contributed by atoms with Crippen molar-refractivity contribution < 1.29 is 14.3 Å². The Hall–Kier alpha value is -3.36. The van der Waals surface area contributed by atoms with Crippen molar-refractivity contribution in [3.63, 3.8) is 0 Å². The van der Waals surface area contributed by atoms with E-state index in [2.05, 4.69) is 27.6 Å². The van der Waals surface area contributed by atoms with Crippen molar-refractivity contribution in [2.75, 3.05) is 11.9 Å². The monoisotopic (exact) mass is 461 g/mol. The molecule has 6 nitrogen and oxygen atoms in total. The molecule has 2 heterocycles. The largest absolute Gasteiger partial charge is 0.485 e. The Kier molecular flexibility index (Phi) is 6.04. The molecule has 1 N–H and O–H groups in total. The zero-order chi connectivity index (χ0) is 21.8. The van der Waals surface area contributed by atoms with E-state index in [1.54, 1.807) is 29.2 Å². The summed E-state index contributed by atoms with van der Waals surface area (Å²) < 4.78 is 12.3. The van der Waals surface area contributed by atoms with Crippen LogP contribution in [0.2, 0.25) is 0 Å². The van der Waals surface area contributed by atoms with Crippen molar-refractivity contribution in [2.24, 2.45) is 0 Å². The highest BCUT2D eigenvalue weighted by Gasteiger charge is 2.27. The van der Waals surface area contributed by atoms with Gasteiger partial charge in [0.2, 0.25) is 6.10 Å². The van der Waals surface area contributed by atoms with Gasteiger partial charge in [0, 0.05) is 17.0 Å². The first-order chi connectivity index (χ1) is 15.7. The highest BCUT2D eigenvalue weighted by atomic mass is 32.2. The molecule has 0 spiro atoms. The molecule has 1 unspecified atom stereocenters. The fourth-order valence-electron chi connectivity index (χ4n) is 3.17. The van der Waals surface area contributed by atoms with Gasteiger partial charge in [0.15, 0.2) is 15.8 Å². The summed E-state index contributed by atoms with van der Waals surface area (Å²) in [5.41, 5.74) is 2.90. The number of benzene rings is 3. The maximum absolute atomic E-state index is 12.6. The smallest absolute Gasteiger partial charge is 0.269 e. The number of rotatable bonds is 6. The molecule has 3 aromatic carbocycles. The second kappa shape index (κ2) is 9.42. The number of hydrogen-bond donors (Lipinski definition) is 1. The van der Waals surface area contributed by atoms with Crippen LogP contribution in [0.5, 0.6) is 11.5 Å². The van der Waals surface area contributed by atoms with Crippen molar-refractivity contribution >= 4 is 34.7 Å². The maximum Gasteiger partial charge on any atom is 0.269 e. The van der Waals surface area contributed by atoms with Gasteiger partial charge in [0.1, 0.15) is 11.6 Å². The van der Waals surface area contributed by atoms with Crippen molar-refractivity contribution in [3.8, 4) is 22.1 Å². The Bertz CT molecular complexity index is 1210. The predicted octanol–water partition coefficient (Wildman–Crippen LogP) is 5.28. The van der Waals surface area contributed by atoms with E-state index in [1.165, 1.54) is 5.56 Å². The lowest BCUT2D eigenvalue weighted by molar-refractivity contribution is -0.125. The van der Waals surface area contributed by atoms with Gasteiger partial charge in [-0.25, -0.2) is 0 Å². The van der Waals surface area contributed by atoms with Crippen LogP contribution < -0.4 is 14.8 Å². The van der Waals surface area contributed by atoms with Crippen LogP contribution in [0.3, 0.4) is 0 Å². The molecule has 0 fully saturated rings. The Labute approximate surface area is 193 Å². The highest BCUT2D eigenvalue weighted by Crippen LogP contribution is 2.33. The molecule has 1 amide bonds. The lowest BCUT2D eigenvalue weighted by Gasteiger charge is -2.25. The topological polar surface area (TPSA) is 73.3 Å². The van der Waals surface area contributed by atoms with Crippen molar-refractivity contribution in [1.82, 2.24) is 10.2 Å². The Morgan fingerprint density at radius 2 is 1.72 bits per heavy atom. The van der Waals surface area contributed by atoms with Crippen LogP contribution in [-0.2, 0) is 10.5 Å². The van der Waals surface area contributed by atoms with E-state index in [9.17, 15) is 4.79 Å². The first-order valence-corrected chi connectivity index (χ1v) is 11.8. The lowest BCUT2D eigenvalue weighted by atomic mass is 10.2.